The molecule has 3 N–H and O–H groups in total. The first-order valence-corrected chi connectivity index (χ1v) is 13.6. The number of ether oxygens (including phenoxy) is 2. The Labute approximate surface area is 234 Å². The van der Waals surface area contributed by atoms with Crippen LogP contribution < -0.4 is 10.6 Å². The Morgan fingerprint density at radius 1 is 0.850 bits per heavy atom. The second-order valence-electron chi connectivity index (χ2n) is 10.1. The van der Waals surface area contributed by atoms with Crippen molar-refractivity contribution in [1.29, 1.82) is 0 Å². The molecule has 1 aliphatic rings. The quantitative estimate of drug-likeness (QED) is 0.271. The highest BCUT2D eigenvalue weighted by atomic mass is 16.5. The third-order valence-electron chi connectivity index (χ3n) is 7.14. The van der Waals surface area contributed by atoms with Crippen molar-refractivity contribution >= 4 is 18.0 Å². The molecule has 0 radical (unpaired) electrons. The molecule has 8 heteroatoms. The van der Waals surface area contributed by atoms with Gasteiger partial charge in [-0.15, -0.1) is 0 Å². The van der Waals surface area contributed by atoms with Gasteiger partial charge in [0.2, 0.25) is 5.91 Å². The minimum Gasteiger partial charge on any atom is -0.481 e. The van der Waals surface area contributed by atoms with Crippen LogP contribution in [-0.2, 0) is 25.7 Å². The van der Waals surface area contributed by atoms with Crippen molar-refractivity contribution in [2.24, 2.45) is 0 Å². The zero-order chi connectivity index (χ0) is 28.5. The van der Waals surface area contributed by atoms with Crippen LogP contribution >= 0.6 is 0 Å². The second-order valence-corrected chi connectivity index (χ2v) is 10.1. The van der Waals surface area contributed by atoms with Gasteiger partial charge in [0.15, 0.2) is 0 Å². The molecule has 1 aliphatic carbocycles. The molecule has 0 heterocycles. The number of carbonyl (C=O) groups excluding carboxylic acids is 2. The van der Waals surface area contributed by atoms with Gasteiger partial charge in [0, 0.05) is 18.4 Å². The highest BCUT2D eigenvalue weighted by Crippen LogP contribution is 2.44. The maximum atomic E-state index is 13.2. The summed E-state index contributed by atoms with van der Waals surface area (Å²) < 4.78 is 11.6. The van der Waals surface area contributed by atoms with E-state index in [9.17, 15) is 14.4 Å². The van der Waals surface area contributed by atoms with Gasteiger partial charge in [-0.1, -0.05) is 78.9 Å². The molecule has 0 spiro atoms. The van der Waals surface area contributed by atoms with E-state index in [0.29, 0.717) is 12.8 Å². The van der Waals surface area contributed by atoms with E-state index >= 15 is 0 Å². The van der Waals surface area contributed by atoms with E-state index in [0.717, 1.165) is 27.8 Å². The van der Waals surface area contributed by atoms with Crippen LogP contribution in [0.15, 0.2) is 78.9 Å². The highest BCUT2D eigenvalue weighted by Gasteiger charge is 2.32. The minimum atomic E-state index is -1.01. The fraction of sp³-hybridized carbons (Fsp3) is 0.344. The summed E-state index contributed by atoms with van der Waals surface area (Å²) >= 11 is 0. The lowest BCUT2D eigenvalue weighted by atomic mass is 9.98. The average Bonchev–Trinajstić information content (AvgIpc) is 3.27. The van der Waals surface area contributed by atoms with E-state index in [4.69, 9.17) is 14.6 Å². The smallest absolute Gasteiger partial charge is 0.407 e. The van der Waals surface area contributed by atoms with Crippen molar-refractivity contribution < 1.29 is 29.0 Å². The Balaban J connectivity index is 1.40. The van der Waals surface area contributed by atoms with Gasteiger partial charge in [0.05, 0.1) is 12.7 Å². The number of rotatable bonds is 13. The first kappa shape index (κ1) is 28.8. The monoisotopic (exact) mass is 544 g/mol. The lowest BCUT2D eigenvalue weighted by molar-refractivity contribution is -0.137. The predicted octanol–water partition coefficient (Wildman–Crippen LogP) is 5.26. The summed E-state index contributed by atoms with van der Waals surface area (Å²) in [5, 5.41) is 14.5. The van der Waals surface area contributed by atoms with Crippen LogP contribution in [0.1, 0.15) is 55.7 Å². The molecule has 4 rings (SSSR count). The van der Waals surface area contributed by atoms with Gasteiger partial charge >= 0.3 is 12.1 Å². The Hall–Kier alpha value is -4.17. The molecule has 3 unspecified atom stereocenters. The normalized spacial score (nSPS) is 14.3. The Morgan fingerprint density at radius 3 is 2.08 bits per heavy atom. The number of carboxylic acids is 1. The number of hydrogen-bond donors (Lipinski definition) is 3. The molecule has 0 fully saturated rings. The minimum absolute atomic E-state index is 0.0260. The molecule has 3 aromatic rings. The van der Waals surface area contributed by atoms with Crippen molar-refractivity contribution in [3.05, 3.63) is 95.6 Å². The van der Waals surface area contributed by atoms with E-state index in [-0.39, 0.29) is 31.6 Å². The van der Waals surface area contributed by atoms with E-state index in [1.807, 2.05) is 66.7 Å². The number of hydrogen-bond acceptors (Lipinski definition) is 5. The number of alkyl carbamates (subject to hydrolysis) is 1. The van der Waals surface area contributed by atoms with E-state index in [1.54, 1.807) is 13.8 Å². The number of benzene rings is 3. The number of carbonyl (C=O) groups is 3. The third-order valence-corrected chi connectivity index (χ3v) is 7.14. The van der Waals surface area contributed by atoms with E-state index in [2.05, 4.69) is 22.8 Å². The maximum absolute atomic E-state index is 13.2. The Bertz CT molecular complexity index is 1270. The van der Waals surface area contributed by atoms with Crippen molar-refractivity contribution in [3.63, 3.8) is 0 Å². The molecule has 2 amide bonds. The van der Waals surface area contributed by atoms with Crippen LogP contribution in [0.3, 0.4) is 0 Å². The number of carboxylic acid groups (broad SMARTS) is 1. The highest BCUT2D eigenvalue weighted by molar-refractivity contribution is 5.86. The van der Waals surface area contributed by atoms with Crippen LogP contribution in [0.2, 0.25) is 0 Å². The number of nitrogens with one attached hydrogen (secondary N) is 2. The van der Waals surface area contributed by atoms with Crippen LogP contribution in [-0.4, -0.2) is 47.9 Å². The number of amides is 2. The summed E-state index contributed by atoms with van der Waals surface area (Å²) in [6.07, 6.45) is -0.420. The van der Waals surface area contributed by atoms with Gasteiger partial charge in [-0.2, -0.15) is 0 Å². The molecule has 0 bridgehead atoms. The van der Waals surface area contributed by atoms with Crippen molar-refractivity contribution in [2.75, 3.05) is 6.61 Å². The number of aliphatic carboxylic acids is 1. The van der Waals surface area contributed by atoms with E-state index < -0.39 is 30.1 Å². The first-order valence-electron chi connectivity index (χ1n) is 13.6. The molecule has 3 aromatic carbocycles. The van der Waals surface area contributed by atoms with Gasteiger partial charge in [-0.05, 0) is 54.5 Å². The molecule has 8 nitrogen and oxygen atoms in total. The lowest BCUT2D eigenvalue weighted by Gasteiger charge is -2.26. The molecule has 0 saturated heterocycles. The van der Waals surface area contributed by atoms with Gasteiger partial charge in [0.1, 0.15) is 12.6 Å². The average molecular weight is 545 g/mol. The molecule has 40 heavy (non-hydrogen) atoms. The van der Waals surface area contributed by atoms with Gasteiger partial charge in [0.25, 0.3) is 0 Å². The molecule has 0 aliphatic heterocycles. The van der Waals surface area contributed by atoms with E-state index in [1.165, 1.54) is 0 Å². The van der Waals surface area contributed by atoms with Crippen molar-refractivity contribution in [3.8, 4) is 11.1 Å². The molecular formula is C32H36N2O6. The topological polar surface area (TPSA) is 114 Å². The van der Waals surface area contributed by atoms with Gasteiger partial charge in [-0.25, -0.2) is 4.79 Å². The van der Waals surface area contributed by atoms with Crippen LogP contribution in [0, 0.1) is 0 Å². The first-order chi connectivity index (χ1) is 19.3. The van der Waals surface area contributed by atoms with Crippen molar-refractivity contribution in [1.82, 2.24) is 10.6 Å². The zero-order valence-electron chi connectivity index (χ0n) is 22.8. The summed E-state index contributed by atoms with van der Waals surface area (Å²) in [7, 11) is 0. The summed E-state index contributed by atoms with van der Waals surface area (Å²) in [6.45, 7) is 3.93. The summed E-state index contributed by atoms with van der Waals surface area (Å²) in [5.41, 5.74) is 5.39. The standard InChI is InChI=1S/C32H36N2O6/c1-21(11-10-18-29(35)36)33-31(37)30(22(2)39-19-23-12-4-3-5-13-23)34-32(38)40-20-28-26-16-8-6-14-24(26)25-15-7-9-17-27(25)28/h3-9,12-17,21-22,28,30H,10-11,18-20H2,1-2H3,(H,33,37)(H,34,38)(H,35,36). The predicted molar refractivity (Wildman–Crippen MR) is 152 cm³/mol. The number of fused-ring (bicyclic) bond motifs is 3. The largest absolute Gasteiger partial charge is 0.481 e. The van der Waals surface area contributed by atoms with Crippen LogP contribution in [0.4, 0.5) is 4.79 Å². The zero-order valence-corrected chi connectivity index (χ0v) is 22.8. The summed E-state index contributed by atoms with van der Waals surface area (Å²) in [6, 6.07) is 24.4. The Morgan fingerprint density at radius 2 is 1.45 bits per heavy atom. The molecule has 210 valence electrons. The molecule has 3 atom stereocenters. The fourth-order valence-electron chi connectivity index (χ4n) is 5.03. The van der Waals surface area contributed by atoms with Gasteiger partial charge in [-0.3, -0.25) is 9.59 Å². The SMILES string of the molecule is CC(CCCC(=O)O)NC(=O)C(NC(=O)OCC1c2ccccc2-c2ccccc21)C(C)OCc1ccccc1. The van der Waals surface area contributed by atoms with Crippen molar-refractivity contribution in [2.45, 2.75) is 63.8 Å². The molecule has 0 saturated carbocycles. The second kappa shape index (κ2) is 13.8. The fourth-order valence-corrected chi connectivity index (χ4v) is 5.03. The summed E-state index contributed by atoms with van der Waals surface area (Å²) in [4.78, 5) is 37.1. The third kappa shape index (κ3) is 7.48. The van der Waals surface area contributed by atoms with Crippen LogP contribution in [0.5, 0.6) is 0 Å². The Kier molecular flexibility index (Phi) is 9.91. The lowest BCUT2D eigenvalue weighted by Crippen LogP contribution is -2.54. The molecular weight excluding hydrogens is 508 g/mol. The van der Waals surface area contributed by atoms with Crippen LogP contribution in [0.25, 0.3) is 11.1 Å². The summed E-state index contributed by atoms with van der Waals surface area (Å²) in [5.74, 6) is -1.40. The maximum Gasteiger partial charge on any atom is 0.407 e. The molecule has 0 aromatic heterocycles. The van der Waals surface area contributed by atoms with Gasteiger partial charge < -0.3 is 25.2 Å².